The van der Waals surface area contributed by atoms with Gasteiger partial charge in [0.2, 0.25) is 0 Å². The third kappa shape index (κ3) is 2.48. The van der Waals surface area contributed by atoms with Gasteiger partial charge in [0.15, 0.2) is 0 Å². The molecule has 2 aliphatic carbocycles. The van der Waals surface area contributed by atoms with E-state index in [-0.39, 0.29) is 6.10 Å². The first-order valence-corrected chi connectivity index (χ1v) is 6.25. The molecule has 2 rings (SSSR count). The molecule has 0 bridgehead atoms. The first-order chi connectivity index (χ1) is 6.81. The molecule has 0 aromatic heterocycles. The normalized spacial score (nSPS) is 33.6. The first kappa shape index (κ1) is 10.4. The molecule has 2 atom stereocenters. The molecule has 2 unspecified atom stereocenters. The van der Waals surface area contributed by atoms with E-state index in [0.717, 1.165) is 18.9 Å². The molecule has 1 N–H and O–H groups in total. The van der Waals surface area contributed by atoms with Gasteiger partial charge in [0.1, 0.15) is 0 Å². The molecule has 0 amide bonds. The molecule has 0 saturated heterocycles. The molecule has 2 aliphatic rings. The van der Waals surface area contributed by atoms with E-state index < -0.39 is 0 Å². The summed E-state index contributed by atoms with van der Waals surface area (Å²) in [5, 5.41) is 9.67. The SMILES string of the molecule is CCCN(C1CC1)C1CCCC(O)C1. The lowest BCUT2D eigenvalue weighted by molar-refractivity contribution is 0.0579. The van der Waals surface area contributed by atoms with Crippen LogP contribution < -0.4 is 0 Å². The van der Waals surface area contributed by atoms with Gasteiger partial charge in [0, 0.05) is 12.1 Å². The third-order valence-electron chi connectivity index (χ3n) is 3.59. The molecule has 0 heterocycles. The van der Waals surface area contributed by atoms with E-state index >= 15 is 0 Å². The molecule has 2 saturated carbocycles. The Balaban J connectivity index is 1.88. The minimum atomic E-state index is -0.0214. The van der Waals surface area contributed by atoms with Crippen LogP contribution in [-0.4, -0.2) is 34.7 Å². The van der Waals surface area contributed by atoms with Crippen molar-refractivity contribution in [1.82, 2.24) is 4.90 Å². The summed E-state index contributed by atoms with van der Waals surface area (Å²) in [7, 11) is 0. The Morgan fingerprint density at radius 1 is 1.14 bits per heavy atom. The van der Waals surface area contributed by atoms with E-state index in [9.17, 15) is 5.11 Å². The largest absolute Gasteiger partial charge is 0.393 e. The molecule has 0 spiro atoms. The minimum Gasteiger partial charge on any atom is -0.393 e. The smallest absolute Gasteiger partial charge is 0.0555 e. The molecule has 2 nitrogen and oxygen atoms in total. The van der Waals surface area contributed by atoms with E-state index in [1.165, 1.54) is 38.6 Å². The highest BCUT2D eigenvalue weighted by molar-refractivity contribution is 4.90. The van der Waals surface area contributed by atoms with Crippen LogP contribution in [0.25, 0.3) is 0 Å². The van der Waals surface area contributed by atoms with Crippen molar-refractivity contribution in [2.75, 3.05) is 6.54 Å². The van der Waals surface area contributed by atoms with Crippen molar-refractivity contribution in [3.05, 3.63) is 0 Å². The van der Waals surface area contributed by atoms with Gasteiger partial charge in [-0.2, -0.15) is 0 Å². The van der Waals surface area contributed by atoms with Crippen molar-refractivity contribution in [1.29, 1.82) is 0 Å². The molecular weight excluding hydrogens is 174 g/mol. The second-order valence-corrected chi connectivity index (χ2v) is 4.94. The predicted octanol–water partition coefficient (Wildman–Crippen LogP) is 2.16. The topological polar surface area (TPSA) is 23.5 Å². The van der Waals surface area contributed by atoms with Crippen LogP contribution in [0.15, 0.2) is 0 Å². The monoisotopic (exact) mass is 197 g/mol. The summed E-state index contributed by atoms with van der Waals surface area (Å²) in [6.07, 6.45) is 8.61. The van der Waals surface area contributed by atoms with Crippen LogP contribution in [0.4, 0.5) is 0 Å². The minimum absolute atomic E-state index is 0.0214. The van der Waals surface area contributed by atoms with Crippen LogP contribution in [0, 0.1) is 0 Å². The molecule has 0 radical (unpaired) electrons. The Hall–Kier alpha value is -0.0800. The maximum atomic E-state index is 9.67. The summed E-state index contributed by atoms with van der Waals surface area (Å²) in [5.74, 6) is 0. The van der Waals surface area contributed by atoms with Gasteiger partial charge < -0.3 is 5.11 Å². The van der Waals surface area contributed by atoms with E-state index in [1.807, 2.05) is 0 Å². The summed E-state index contributed by atoms with van der Waals surface area (Å²) in [4.78, 5) is 2.67. The molecule has 0 aliphatic heterocycles. The lowest BCUT2D eigenvalue weighted by atomic mass is 9.91. The summed E-state index contributed by atoms with van der Waals surface area (Å²) >= 11 is 0. The van der Waals surface area contributed by atoms with Gasteiger partial charge in [0.25, 0.3) is 0 Å². The maximum absolute atomic E-state index is 9.67. The molecule has 82 valence electrons. The second-order valence-electron chi connectivity index (χ2n) is 4.94. The molecular formula is C12H23NO. The average molecular weight is 197 g/mol. The fourth-order valence-corrected chi connectivity index (χ4v) is 2.77. The van der Waals surface area contributed by atoms with Crippen LogP contribution in [0.3, 0.4) is 0 Å². The zero-order valence-corrected chi connectivity index (χ0v) is 9.28. The standard InChI is InChI=1S/C12H23NO/c1-2-8-13(10-6-7-10)11-4-3-5-12(14)9-11/h10-12,14H,2-9H2,1H3. The number of aliphatic hydroxyl groups excluding tert-OH is 1. The van der Waals surface area contributed by atoms with Gasteiger partial charge in [-0.1, -0.05) is 6.92 Å². The van der Waals surface area contributed by atoms with Crippen molar-refractivity contribution in [3.63, 3.8) is 0 Å². The molecule has 2 heteroatoms. The summed E-state index contributed by atoms with van der Waals surface area (Å²) < 4.78 is 0. The number of rotatable bonds is 4. The fourth-order valence-electron chi connectivity index (χ4n) is 2.77. The van der Waals surface area contributed by atoms with Gasteiger partial charge in [-0.3, -0.25) is 4.90 Å². The fraction of sp³-hybridized carbons (Fsp3) is 1.00. The molecule has 0 aromatic carbocycles. The molecule has 14 heavy (non-hydrogen) atoms. The van der Waals surface area contributed by atoms with E-state index in [0.29, 0.717) is 6.04 Å². The lowest BCUT2D eigenvalue weighted by Crippen LogP contribution is -2.42. The van der Waals surface area contributed by atoms with Crippen LogP contribution in [0.5, 0.6) is 0 Å². The average Bonchev–Trinajstić information content (AvgIpc) is 2.97. The Labute approximate surface area is 87.3 Å². The highest BCUT2D eigenvalue weighted by Gasteiger charge is 2.35. The van der Waals surface area contributed by atoms with E-state index in [2.05, 4.69) is 11.8 Å². The van der Waals surface area contributed by atoms with Gasteiger partial charge >= 0.3 is 0 Å². The van der Waals surface area contributed by atoms with E-state index in [4.69, 9.17) is 0 Å². The summed E-state index contributed by atoms with van der Waals surface area (Å²) in [5.41, 5.74) is 0. The third-order valence-corrected chi connectivity index (χ3v) is 3.59. The highest BCUT2D eigenvalue weighted by atomic mass is 16.3. The Kier molecular flexibility index (Phi) is 3.45. The molecule has 2 fully saturated rings. The van der Waals surface area contributed by atoms with Crippen molar-refractivity contribution < 1.29 is 5.11 Å². The number of nitrogens with zero attached hydrogens (tertiary/aromatic N) is 1. The van der Waals surface area contributed by atoms with Crippen molar-refractivity contribution in [2.24, 2.45) is 0 Å². The van der Waals surface area contributed by atoms with Gasteiger partial charge in [-0.25, -0.2) is 0 Å². The lowest BCUT2D eigenvalue weighted by Gasteiger charge is -2.36. The van der Waals surface area contributed by atoms with Gasteiger partial charge in [0.05, 0.1) is 6.10 Å². The maximum Gasteiger partial charge on any atom is 0.0555 e. The number of hydrogen-bond acceptors (Lipinski definition) is 2. The zero-order valence-electron chi connectivity index (χ0n) is 9.28. The Bertz CT molecular complexity index is 179. The second kappa shape index (κ2) is 4.63. The zero-order chi connectivity index (χ0) is 9.97. The number of aliphatic hydroxyl groups is 1. The van der Waals surface area contributed by atoms with Crippen LogP contribution >= 0.6 is 0 Å². The molecule has 0 aromatic rings. The Morgan fingerprint density at radius 3 is 2.50 bits per heavy atom. The van der Waals surface area contributed by atoms with Gasteiger partial charge in [-0.15, -0.1) is 0 Å². The van der Waals surface area contributed by atoms with Crippen molar-refractivity contribution >= 4 is 0 Å². The highest BCUT2D eigenvalue weighted by Crippen LogP contribution is 2.33. The predicted molar refractivity (Wildman–Crippen MR) is 58.3 cm³/mol. The van der Waals surface area contributed by atoms with Crippen LogP contribution in [-0.2, 0) is 0 Å². The van der Waals surface area contributed by atoms with E-state index in [1.54, 1.807) is 0 Å². The number of hydrogen-bond donors (Lipinski definition) is 1. The van der Waals surface area contributed by atoms with Crippen molar-refractivity contribution in [2.45, 2.75) is 70.1 Å². The summed E-state index contributed by atoms with van der Waals surface area (Å²) in [6, 6.07) is 1.55. The Morgan fingerprint density at radius 2 is 1.93 bits per heavy atom. The quantitative estimate of drug-likeness (QED) is 0.746. The first-order valence-electron chi connectivity index (χ1n) is 6.25. The van der Waals surface area contributed by atoms with Crippen molar-refractivity contribution in [3.8, 4) is 0 Å². The van der Waals surface area contributed by atoms with Crippen LogP contribution in [0.1, 0.15) is 51.9 Å². The van der Waals surface area contributed by atoms with Crippen LogP contribution in [0.2, 0.25) is 0 Å². The van der Waals surface area contributed by atoms with Gasteiger partial charge in [-0.05, 0) is 51.5 Å². The summed E-state index contributed by atoms with van der Waals surface area (Å²) in [6.45, 7) is 3.50.